The van der Waals surface area contributed by atoms with E-state index in [0.29, 0.717) is 13.1 Å². The Morgan fingerprint density at radius 1 is 1.75 bits per heavy atom. The van der Waals surface area contributed by atoms with Gasteiger partial charge >= 0.3 is 0 Å². The number of carbonyl (C=O) groups excluding carboxylic acids is 1. The van der Waals surface area contributed by atoms with E-state index >= 15 is 0 Å². The predicted octanol–water partition coefficient (Wildman–Crippen LogP) is 1.40. The number of nitrogens with one attached hydrogen (secondary N) is 2. The first-order chi connectivity index (χ1) is 7.63. The van der Waals surface area contributed by atoms with E-state index in [4.69, 9.17) is 0 Å². The second-order valence-electron chi connectivity index (χ2n) is 3.50. The van der Waals surface area contributed by atoms with Crippen molar-refractivity contribution in [3.8, 4) is 0 Å². The first-order valence-electron chi connectivity index (χ1n) is 5.16. The number of hydrogen-bond donors (Lipinski definition) is 2. The van der Waals surface area contributed by atoms with Crippen molar-refractivity contribution in [1.29, 1.82) is 0 Å². The van der Waals surface area contributed by atoms with E-state index in [0.717, 1.165) is 5.01 Å². The lowest BCUT2D eigenvalue weighted by Crippen LogP contribution is -2.35. The Morgan fingerprint density at radius 2 is 2.50 bits per heavy atom. The van der Waals surface area contributed by atoms with Crippen LogP contribution in [0.15, 0.2) is 18.9 Å². The highest BCUT2D eigenvalue weighted by molar-refractivity contribution is 7.11. The number of rotatable bonds is 6. The van der Waals surface area contributed by atoms with Crippen molar-refractivity contribution < 1.29 is 4.79 Å². The van der Waals surface area contributed by atoms with Crippen molar-refractivity contribution >= 4 is 17.2 Å². The van der Waals surface area contributed by atoms with Crippen LogP contribution < -0.4 is 10.6 Å². The van der Waals surface area contributed by atoms with Crippen LogP contribution in [0.4, 0.5) is 0 Å². The van der Waals surface area contributed by atoms with Gasteiger partial charge in [0, 0.05) is 17.6 Å². The minimum absolute atomic E-state index is 0.0278. The number of aryl methyl sites for hydroxylation is 1. The molecule has 0 aliphatic carbocycles. The lowest BCUT2D eigenvalue weighted by molar-refractivity contribution is -0.120. The maximum Gasteiger partial charge on any atom is 0.234 e. The molecule has 1 aromatic heterocycles. The van der Waals surface area contributed by atoms with Gasteiger partial charge in [-0.3, -0.25) is 10.1 Å². The van der Waals surface area contributed by atoms with E-state index in [1.54, 1.807) is 17.4 Å². The number of hydrogen-bond acceptors (Lipinski definition) is 4. The molecule has 0 radical (unpaired) electrons. The van der Waals surface area contributed by atoms with E-state index in [1.165, 1.54) is 4.88 Å². The maximum absolute atomic E-state index is 11.3. The summed E-state index contributed by atoms with van der Waals surface area (Å²) in [5.74, 6) is -0.0278. The molecule has 1 atom stereocenters. The topological polar surface area (TPSA) is 54.0 Å². The Morgan fingerprint density at radius 3 is 3.06 bits per heavy atom. The number of thiazole rings is 1. The van der Waals surface area contributed by atoms with Crippen LogP contribution in [-0.4, -0.2) is 24.0 Å². The van der Waals surface area contributed by atoms with Gasteiger partial charge in [0.05, 0.1) is 12.6 Å². The molecule has 0 fully saturated rings. The van der Waals surface area contributed by atoms with Crippen molar-refractivity contribution in [1.82, 2.24) is 15.6 Å². The largest absolute Gasteiger partial charge is 0.352 e. The van der Waals surface area contributed by atoms with Gasteiger partial charge in [0.25, 0.3) is 0 Å². The Hall–Kier alpha value is -1.20. The zero-order valence-electron chi connectivity index (χ0n) is 9.62. The third kappa shape index (κ3) is 4.12. The number of nitrogens with zero attached hydrogens (tertiary/aromatic N) is 1. The van der Waals surface area contributed by atoms with Crippen LogP contribution in [0.2, 0.25) is 0 Å². The summed E-state index contributed by atoms with van der Waals surface area (Å²) in [4.78, 5) is 16.7. The molecule has 2 N–H and O–H groups in total. The fraction of sp³-hybridized carbons (Fsp3) is 0.455. The molecular weight excluding hydrogens is 222 g/mol. The highest BCUT2D eigenvalue weighted by Gasteiger charge is 2.10. The third-order valence-electron chi connectivity index (χ3n) is 2.02. The molecular formula is C11H17N3OS. The summed E-state index contributed by atoms with van der Waals surface area (Å²) >= 11 is 1.64. The molecule has 0 spiro atoms. The molecule has 1 heterocycles. The minimum atomic E-state index is -0.0278. The molecule has 1 rings (SSSR count). The highest BCUT2D eigenvalue weighted by atomic mass is 32.1. The average molecular weight is 239 g/mol. The standard InChI is InChI=1S/C11H17N3OS/c1-4-5-12-10(15)7-13-9(3)11-14-6-8(2)16-11/h4,6,9,13H,1,5,7H2,2-3H3,(H,12,15). The van der Waals surface area contributed by atoms with Gasteiger partial charge in [-0.2, -0.15) is 0 Å². The molecule has 0 bridgehead atoms. The van der Waals surface area contributed by atoms with Crippen LogP contribution in [0.5, 0.6) is 0 Å². The smallest absolute Gasteiger partial charge is 0.234 e. The van der Waals surface area contributed by atoms with Gasteiger partial charge in [-0.1, -0.05) is 6.08 Å². The monoisotopic (exact) mass is 239 g/mol. The van der Waals surface area contributed by atoms with Crippen LogP contribution in [0.25, 0.3) is 0 Å². The van der Waals surface area contributed by atoms with Gasteiger partial charge in [0.1, 0.15) is 5.01 Å². The van der Waals surface area contributed by atoms with Crippen molar-refractivity contribution in [3.05, 3.63) is 28.7 Å². The summed E-state index contributed by atoms with van der Waals surface area (Å²) in [6, 6.07) is 0.105. The highest BCUT2D eigenvalue weighted by Crippen LogP contribution is 2.18. The first-order valence-corrected chi connectivity index (χ1v) is 5.98. The van der Waals surface area contributed by atoms with Gasteiger partial charge in [0.2, 0.25) is 5.91 Å². The predicted molar refractivity (Wildman–Crippen MR) is 66.5 cm³/mol. The first kappa shape index (κ1) is 12.9. The number of aromatic nitrogens is 1. The zero-order valence-corrected chi connectivity index (χ0v) is 10.4. The molecule has 0 saturated carbocycles. The van der Waals surface area contributed by atoms with Crippen LogP contribution in [0, 0.1) is 6.92 Å². The second kappa shape index (κ2) is 6.40. The van der Waals surface area contributed by atoms with Gasteiger partial charge < -0.3 is 5.32 Å². The molecule has 5 heteroatoms. The number of amides is 1. The Kier molecular flexibility index (Phi) is 5.14. The van der Waals surface area contributed by atoms with Crippen LogP contribution in [0.3, 0.4) is 0 Å². The number of carbonyl (C=O) groups is 1. The molecule has 16 heavy (non-hydrogen) atoms. The lowest BCUT2D eigenvalue weighted by atomic mass is 10.3. The molecule has 1 amide bonds. The molecule has 4 nitrogen and oxygen atoms in total. The Labute approximate surface area is 99.8 Å². The molecule has 0 aliphatic heterocycles. The van der Waals surface area contributed by atoms with E-state index in [2.05, 4.69) is 22.2 Å². The van der Waals surface area contributed by atoms with E-state index < -0.39 is 0 Å². The summed E-state index contributed by atoms with van der Waals surface area (Å²) in [6.07, 6.45) is 3.50. The van der Waals surface area contributed by atoms with Crippen molar-refractivity contribution in [2.24, 2.45) is 0 Å². The van der Waals surface area contributed by atoms with E-state index in [-0.39, 0.29) is 11.9 Å². The minimum Gasteiger partial charge on any atom is -0.352 e. The molecule has 88 valence electrons. The van der Waals surface area contributed by atoms with Gasteiger partial charge in [-0.05, 0) is 13.8 Å². The van der Waals surface area contributed by atoms with E-state index in [9.17, 15) is 4.79 Å². The van der Waals surface area contributed by atoms with Crippen LogP contribution in [0.1, 0.15) is 22.9 Å². The molecule has 0 saturated heterocycles. The summed E-state index contributed by atoms with van der Waals surface area (Å²) in [5.41, 5.74) is 0. The summed E-state index contributed by atoms with van der Waals surface area (Å²) < 4.78 is 0. The molecule has 1 unspecified atom stereocenters. The van der Waals surface area contributed by atoms with Gasteiger partial charge in [-0.15, -0.1) is 17.9 Å². The Bertz CT molecular complexity index is 362. The average Bonchev–Trinajstić information content (AvgIpc) is 2.69. The molecule has 0 aliphatic rings. The fourth-order valence-electron chi connectivity index (χ4n) is 1.15. The molecule has 1 aromatic rings. The summed E-state index contributed by atoms with van der Waals surface area (Å²) in [5, 5.41) is 6.84. The maximum atomic E-state index is 11.3. The zero-order chi connectivity index (χ0) is 12.0. The van der Waals surface area contributed by atoms with Crippen LogP contribution in [-0.2, 0) is 4.79 Å². The van der Waals surface area contributed by atoms with Gasteiger partial charge in [0.15, 0.2) is 0 Å². The SMILES string of the molecule is C=CCNC(=O)CNC(C)c1ncc(C)s1. The summed E-state index contributed by atoms with van der Waals surface area (Å²) in [7, 11) is 0. The van der Waals surface area contributed by atoms with E-state index in [1.807, 2.05) is 20.0 Å². The van der Waals surface area contributed by atoms with Crippen LogP contribution >= 0.6 is 11.3 Å². The quantitative estimate of drug-likeness (QED) is 0.738. The molecule has 0 aromatic carbocycles. The lowest BCUT2D eigenvalue weighted by Gasteiger charge is -2.10. The fourth-order valence-corrected chi connectivity index (χ4v) is 1.95. The van der Waals surface area contributed by atoms with Gasteiger partial charge in [-0.25, -0.2) is 4.98 Å². The van der Waals surface area contributed by atoms with Crippen molar-refractivity contribution in [2.45, 2.75) is 19.9 Å². The normalized spacial score (nSPS) is 12.1. The second-order valence-corrected chi connectivity index (χ2v) is 4.77. The Balaban J connectivity index is 2.32. The third-order valence-corrected chi connectivity index (χ3v) is 3.12. The van der Waals surface area contributed by atoms with Crippen molar-refractivity contribution in [2.75, 3.05) is 13.1 Å². The summed E-state index contributed by atoms with van der Waals surface area (Å²) in [6.45, 7) is 8.36. The van der Waals surface area contributed by atoms with Crippen molar-refractivity contribution in [3.63, 3.8) is 0 Å².